The molecule has 0 saturated carbocycles. The second-order valence-electron chi connectivity index (χ2n) is 4.71. The van der Waals surface area contributed by atoms with Crippen LogP contribution in [0.3, 0.4) is 0 Å². The van der Waals surface area contributed by atoms with Gasteiger partial charge in [-0.15, -0.1) is 0 Å². The van der Waals surface area contributed by atoms with Gasteiger partial charge in [-0.25, -0.2) is 9.59 Å². The van der Waals surface area contributed by atoms with Crippen LogP contribution in [0, 0.1) is 0 Å². The van der Waals surface area contributed by atoms with Gasteiger partial charge >= 0.3 is 0 Å². The van der Waals surface area contributed by atoms with Gasteiger partial charge in [-0.3, -0.25) is 0 Å². The number of benzene rings is 2. The molecule has 21 heavy (non-hydrogen) atoms. The minimum atomic E-state index is -1.19. The van der Waals surface area contributed by atoms with Gasteiger partial charge in [-0.05, 0) is 11.1 Å². The second kappa shape index (κ2) is 7.11. The normalized spacial score (nSPS) is 10.3. The van der Waals surface area contributed by atoms with Crippen molar-refractivity contribution in [2.24, 2.45) is 9.98 Å². The molecule has 0 aliphatic rings. The fourth-order valence-electron chi connectivity index (χ4n) is 2.26. The smallest absolute Gasteiger partial charge is 0.211 e. The average Bonchev–Trinajstić information content (AvgIpc) is 2.50. The fraction of sp³-hybridized carbons (Fsp3) is 0.176. The largest absolute Gasteiger partial charge is 0.237 e. The van der Waals surface area contributed by atoms with Gasteiger partial charge < -0.3 is 0 Å². The highest BCUT2D eigenvalue weighted by atomic mass is 16.1. The number of hydrogen-bond acceptors (Lipinski definition) is 4. The van der Waals surface area contributed by atoms with Crippen LogP contribution >= 0.6 is 0 Å². The Bertz CT molecular complexity index is 609. The molecule has 0 bridgehead atoms. The summed E-state index contributed by atoms with van der Waals surface area (Å²) in [4.78, 5) is 29.2. The van der Waals surface area contributed by atoms with E-state index in [0.717, 1.165) is 11.1 Å². The Kier molecular flexibility index (Phi) is 4.94. The summed E-state index contributed by atoms with van der Waals surface area (Å²) in [6, 6.07) is 19.0. The van der Waals surface area contributed by atoms with Crippen molar-refractivity contribution in [2.75, 3.05) is 0 Å². The third-order valence-electron chi connectivity index (χ3n) is 3.17. The first-order chi connectivity index (χ1) is 10.3. The zero-order valence-electron chi connectivity index (χ0n) is 11.4. The zero-order valence-corrected chi connectivity index (χ0v) is 11.4. The molecule has 4 nitrogen and oxygen atoms in total. The number of nitrogens with zero attached hydrogens (tertiary/aromatic N) is 2. The summed E-state index contributed by atoms with van der Waals surface area (Å²) in [5, 5.41) is 0. The van der Waals surface area contributed by atoms with Gasteiger partial charge in [0.05, 0.1) is 0 Å². The van der Waals surface area contributed by atoms with Crippen molar-refractivity contribution in [1.82, 2.24) is 0 Å². The maximum atomic E-state index is 10.8. The molecule has 2 aromatic rings. The lowest BCUT2D eigenvalue weighted by atomic mass is 9.93. The van der Waals surface area contributed by atoms with Gasteiger partial charge in [0, 0.05) is 12.8 Å². The average molecular weight is 278 g/mol. The number of isocyanates is 2. The van der Waals surface area contributed by atoms with Crippen LogP contribution in [0.1, 0.15) is 11.1 Å². The van der Waals surface area contributed by atoms with Crippen LogP contribution in [0.4, 0.5) is 0 Å². The zero-order chi connectivity index (χ0) is 15.0. The minimum Gasteiger partial charge on any atom is -0.211 e. The molecule has 0 saturated heterocycles. The summed E-state index contributed by atoms with van der Waals surface area (Å²) in [6.45, 7) is 0. The third kappa shape index (κ3) is 4.08. The van der Waals surface area contributed by atoms with E-state index in [1.54, 1.807) is 0 Å². The van der Waals surface area contributed by atoms with Crippen molar-refractivity contribution in [2.45, 2.75) is 18.5 Å². The highest BCUT2D eigenvalue weighted by Gasteiger charge is 2.30. The maximum absolute atomic E-state index is 10.8. The molecule has 0 radical (unpaired) electrons. The number of hydrogen-bond donors (Lipinski definition) is 0. The van der Waals surface area contributed by atoms with Gasteiger partial charge in [0.15, 0.2) is 5.66 Å². The molecule has 0 aliphatic carbocycles. The van der Waals surface area contributed by atoms with Crippen LogP contribution in [0.25, 0.3) is 0 Å². The lowest BCUT2D eigenvalue weighted by Crippen LogP contribution is -2.30. The van der Waals surface area contributed by atoms with E-state index in [4.69, 9.17) is 0 Å². The fourth-order valence-corrected chi connectivity index (χ4v) is 2.26. The van der Waals surface area contributed by atoms with E-state index in [0.29, 0.717) is 12.8 Å². The first-order valence-corrected chi connectivity index (χ1v) is 6.54. The topological polar surface area (TPSA) is 58.9 Å². The van der Waals surface area contributed by atoms with E-state index in [1.165, 1.54) is 12.2 Å². The molecule has 2 aromatic carbocycles. The third-order valence-corrected chi connectivity index (χ3v) is 3.17. The maximum Gasteiger partial charge on any atom is 0.237 e. The summed E-state index contributed by atoms with van der Waals surface area (Å²) in [5.41, 5.74) is 0.685. The quantitative estimate of drug-likeness (QED) is 0.602. The predicted molar refractivity (Wildman–Crippen MR) is 79.3 cm³/mol. The molecular weight excluding hydrogens is 264 g/mol. The van der Waals surface area contributed by atoms with Gasteiger partial charge in [0.1, 0.15) is 0 Å². The van der Waals surface area contributed by atoms with E-state index in [2.05, 4.69) is 9.98 Å². The summed E-state index contributed by atoms with van der Waals surface area (Å²) in [5.74, 6) is 0. The van der Waals surface area contributed by atoms with Gasteiger partial charge in [0.2, 0.25) is 12.2 Å². The van der Waals surface area contributed by atoms with Crippen molar-refractivity contribution < 1.29 is 9.59 Å². The first kappa shape index (κ1) is 14.6. The highest BCUT2D eigenvalue weighted by molar-refractivity contribution is 5.41. The van der Waals surface area contributed by atoms with E-state index < -0.39 is 5.66 Å². The molecule has 0 aliphatic heterocycles. The van der Waals surface area contributed by atoms with Gasteiger partial charge in [-0.1, -0.05) is 60.7 Å². The Morgan fingerprint density at radius 3 is 1.43 bits per heavy atom. The molecule has 4 heteroatoms. The number of rotatable bonds is 6. The van der Waals surface area contributed by atoms with Crippen LogP contribution < -0.4 is 0 Å². The molecule has 0 N–H and O–H groups in total. The summed E-state index contributed by atoms with van der Waals surface area (Å²) >= 11 is 0. The number of carbonyl (C=O) groups excluding carboxylic acids is 2. The molecule has 0 fully saturated rings. The van der Waals surface area contributed by atoms with E-state index in [1.807, 2.05) is 60.7 Å². The monoisotopic (exact) mass is 278 g/mol. The SMILES string of the molecule is O=C=NC(Cc1ccccc1)(Cc1ccccc1)N=C=O. The second-order valence-corrected chi connectivity index (χ2v) is 4.71. The molecule has 0 amide bonds. The summed E-state index contributed by atoms with van der Waals surface area (Å²) in [7, 11) is 0. The predicted octanol–water partition coefficient (Wildman–Crippen LogP) is 2.84. The van der Waals surface area contributed by atoms with Gasteiger partial charge in [0.25, 0.3) is 0 Å². The van der Waals surface area contributed by atoms with Crippen LogP contribution in [-0.2, 0) is 22.4 Å². The lowest BCUT2D eigenvalue weighted by Gasteiger charge is -2.22. The van der Waals surface area contributed by atoms with Crippen LogP contribution in [0.5, 0.6) is 0 Å². The summed E-state index contributed by atoms with van der Waals surface area (Å²) < 4.78 is 0. The Labute approximate surface area is 122 Å². The van der Waals surface area contributed by atoms with Crippen molar-refractivity contribution in [3.63, 3.8) is 0 Å². The minimum absolute atomic E-state index is 0.340. The Hall–Kier alpha value is -2.80. The van der Waals surface area contributed by atoms with Crippen molar-refractivity contribution in [3.8, 4) is 0 Å². The molecule has 0 spiro atoms. The van der Waals surface area contributed by atoms with Crippen LogP contribution in [0.2, 0.25) is 0 Å². The Morgan fingerprint density at radius 1 is 0.714 bits per heavy atom. The molecular formula is C17H14N2O2. The van der Waals surface area contributed by atoms with Crippen LogP contribution in [0.15, 0.2) is 70.6 Å². The van der Waals surface area contributed by atoms with Crippen molar-refractivity contribution in [3.05, 3.63) is 71.8 Å². The van der Waals surface area contributed by atoms with Crippen LogP contribution in [-0.4, -0.2) is 17.8 Å². The Morgan fingerprint density at radius 2 is 1.10 bits per heavy atom. The molecule has 0 aromatic heterocycles. The molecule has 2 rings (SSSR count). The summed E-state index contributed by atoms with van der Waals surface area (Å²) in [6.07, 6.45) is 3.75. The van der Waals surface area contributed by atoms with E-state index in [9.17, 15) is 9.59 Å². The van der Waals surface area contributed by atoms with Gasteiger partial charge in [-0.2, -0.15) is 9.98 Å². The Balaban J connectivity index is 2.37. The molecule has 104 valence electrons. The van der Waals surface area contributed by atoms with Crippen molar-refractivity contribution >= 4 is 12.2 Å². The molecule has 0 atom stereocenters. The lowest BCUT2D eigenvalue weighted by molar-refractivity contribution is 0.431. The first-order valence-electron chi connectivity index (χ1n) is 6.54. The highest BCUT2D eigenvalue weighted by Crippen LogP contribution is 2.24. The standard InChI is InChI=1S/C17H14N2O2/c20-13-18-17(19-14-21,11-15-7-3-1-4-8-15)12-16-9-5-2-6-10-16/h1-10H,11-12H2. The molecule has 0 heterocycles. The molecule has 0 unspecified atom stereocenters. The van der Waals surface area contributed by atoms with E-state index >= 15 is 0 Å². The number of aliphatic imine (C=N–C) groups is 2. The van der Waals surface area contributed by atoms with Crippen molar-refractivity contribution in [1.29, 1.82) is 0 Å². The van der Waals surface area contributed by atoms with E-state index in [-0.39, 0.29) is 0 Å².